The summed E-state index contributed by atoms with van der Waals surface area (Å²) in [6.45, 7) is 1.71. The molecule has 2 unspecified atom stereocenters. The zero-order chi connectivity index (χ0) is 15.0. The molecule has 1 aromatic rings. The molecule has 0 heterocycles. The second kappa shape index (κ2) is 5.09. The number of para-hydroxylation sites is 1. The maximum atomic E-state index is 12.6. The van der Waals surface area contributed by atoms with Gasteiger partial charge in [-0.1, -0.05) is 25.5 Å². The van der Waals surface area contributed by atoms with E-state index in [-0.39, 0.29) is 17.4 Å². The molecule has 1 aliphatic rings. The van der Waals surface area contributed by atoms with Gasteiger partial charge in [0.2, 0.25) is 0 Å². The van der Waals surface area contributed by atoms with Crippen LogP contribution in [0, 0.1) is 5.41 Å². The monoisotopic (exact) mass is 287 g/mol. The van der Waals surface area contributed by atoms with Crippen LogP contribution in [0.4, 0.5) is 13.2 Å². The van der Waals surface area contributed by atoms with Crippen LogP contribution in [0.2, 0.25) is 0 Å². The molecule has 0 spiro atoms. The smallest absolute Gasteiger partial charge is 0.405 e. The lowest BCUT2D eigenvalue weighted by molar-refractivity contribution is -0.274. The third-order valence-electron chi connectivity index (χ3n) is 3.91. The summed E-state index contributed by atoms with van der Waals surface area (Å²) in [5.41, 5.74) is 5.05. The van der Waals surface area contributed by atoms with E-state index < -0.39 is 17.5 Å². The van der Waals surface area contributed by atoms with Crippen LogP contribution in [0.3, 0.4) is 0 Å². The molecule has 2 N–H and O–H groups in total. The van der Waals surface area contributed by atoms with Gasteiger partial charge < -0.3 is 10.5 Å². The van der Waals surface area contributed by atoms with E-state index in [9.17, 15) is 18.0 Å². The highest BCUT2D eigenvalue weighted by atomic mass is 19.4. The Labute approximate surface area is 114 Å². The normalized spacial score (nSPS) is 26.6. The Morgan fingerprint density at radius 3 is 2.60 bits per heavy atom. The minimum absolute atomic E-state index is 0.0651. The van der Waals surface area contributed by atoms with E-state index in [2.05, 4.69) is 4.74 Å². The Morgan fingerprint density at radius 2 is 2.05 bits per heavy atom. The lowest BCUT2D eigenvalue weighted by Gasteiger charge is -2.28. The third kappa shape index (κ3) is 2.80. The summed E-state index contributed by atoms with van der Waals surface area (Å²) < 4.78 is 41.1. The molecule has 0 radical (unpaired) electrons. The van der Waals surface area contributed by atoms with Crippen LogP contribution in [0.5, 0.6) is 5.75 Å². The van der Waals surface area contributed by atoms with Crippen LogP contribution in [0.15, 0.2) is 24.3 Å². The number of carbonyl (C=O) groups excluding carboxylic acids is 1. The fourth-order valence-electron chi connectivity index (χ4n) is 2.65. The van der Waals surface area contributed by atoms with E-state index in [1.54, 1.807) is 6.92 Å². The largest absolute Gasteiger partial charge is 0.573 e. The number of carbonyl (C=O) groups is 1. The van der Waals surface area contributed by atoms with E-state index in [1.165, 1.54) is 18.2 Å². The van der Waals surface area contributed by atoms with E-state index in [0.29, 0.717) is 12.8 Å². The van der Waals surface area contributed by atoms with Gasteiger partial charge in [-0.05, 0) is 25.0 Å². The van der Waals surface area contributed by atoms with Gasteiger partial charge in [0, 0.05) is 11.5 Å². The first-order valence-corrected chi connectivity index (χ1v) is 6.39. The summed E-state index contributed by atoms with van der Waals surface area (Å²) in [6.07, 6.45) is -2.75. The van der Waals surface area contributed by atoms with Crippen LogP contribution in [-0.4, -0.2) is 18.2 Å². The van der Waals surface area contributed by atoms with E-state index in [0.717, 1.165) is 12.5 Å². The number of alkyl halides is 3. The van der Waals surface area contributed by atoms with Crippen molar-refractivity contribution >= 4 is 5.78 Å². The maximum absolute atomic E-state index is 12.6. The molecule has 1 aliphatic carbocycles. The zero-order valence-corrected chi connectivity index (χ0v) is 11.0. The molecule has 3 nitrogen and oxygen atoms in total. The maximum Gasteiger partial charge on any atom is 0.573 e. The van der Waals surface area contributed by atoms with E-state index >= 15 is 0 Å². The van der Waals surface area contributed by atoms with Gasteiger partial charge in [0.25, 0.3) is 0 Å². The van der Waals surface area contributed by atoms with Gasteiger partial charge >= 0.3 is 6.36 Å². The summed E-state index contributed by atoms with van der Waals surface area (Å²) in [4.78, 5) is 12.6. The number of nitrogens with two attached hydrogens (primary N) is 1. The van der Waals surface area contributed by atoms with Crippen LogP contribution in [0.1, 0.15) is 36.5 Å². The molecule has 0 amide bonds. The highest BCUT2D eigenvalue weighted by Gasteiger charge is 2.44. The first-order valence-electron chi connectivity index (χ1n) is 6.39. The Kier molecular flexibility index (Phi) is 3.77. The molecule has 0 aliphatic heterocycles. The molecule has 6 heteroatoms. The Balaban J connectivity index is 2.35. The van der Waals surface area contributed by atoms with Crippen LogP contribution < -0.4 is 10.5 Å². The first-order chi connectivity index (χ1) is 9.24. The Bertz CT molecular complexity index is 515. The SMILES string of the molecule is CC1(C(=O)c2ccccc2OC(F)(F)F)CCCC1N. The van der Waals surface area contributed by atoms with Crippen molar-refractivity contribution < 1.29 is 22.7 Å². The van der Waals surface area contributed by atoms with Gasteiger partial charge in [-0.3, -0.25) is 4.79 Å². The average molecular weight is 287 g/mol. The zero-order valence-electron chi connectivity index (χ0n) is 11.0. The highest BCUT2D eigenvalue weighted by molar-refractivity contribution is 6.03. The molecule has 110 valence electrons. The van der Waals surface area contributed by atoms with Crippen molar-refractivity contribution in [2.24, 2.45) is 11.1 Å². The highest BCUT2D eigenvalue weighted by Crippen LogP contribution is 2.41. The quantitative estimate of drug-likeness (QED) is 0.868. The summed E-state index contributed by atoms with van der Waals surface area (Å²) in [5, 5.41) is 0. The van der Waals surface area contributed by atoms with E-state index in [4.69, 9.17) is 5.73 Å². The molecule has 1 saturated carbocycles. The van der Waals surface area contributed by atoms with Crippen molar-refractivity contribution in [3.63, 3.8) is 0 Å². The van der Waals surface area contributed by atoms with Crippen molar-refractivity contribution in [2.75, 3.05) is 0 Å². The Morgan fingerprint density at radius 1 is 1.40 bits per heavy atom. The number of halogens is 3. The fraction of sp³-hybridized carbons (Fsp3) is 0.500. The van der Waals surface area contributed by atoms with Crippen LogP contribution in [-0.2, 0) is 0 Å². The van der Waals surface area contributed by atoms with Crippen molar-refractivity contribution in [1.82, 2.24) is 0 Å². The number of Topliss-reactive ketones (excluding diaryl/α,β-unsaturated/α-hetero) is 1. The molecule has 0 bridgehead atoms. The van der Waals surface area contributed by atoms with E-state index in [1.807, 2.05) is 0 Å². The summed E-state index contributed by atoms with van der Waals surface area (Å²) in [6, 6.07) is 5.06. The average Bonchev–Trinajstić information content (AvgIpc) is 2.69. The fourth-order valence-corrected chi connectivity index (χ4v) is 2.65. The van der Waals surface area contributed by atoms with Crippen molar-refractivity contribution in [2.45, 2.75) is 38.6 Å². The van der Waals surface area contributed by atoms with Gasteiger partial charge in [0.15, 0.2) is 5.78 Å². The summed E-state index contributed by atoms with van der Waals surface area (Å²) in [7, 11) is 0. The number of hydrogen-bond acceptors (Lipinski definition) is 3. The van der Waals surface area contributed by atoms with Crippen molar-refractivity contribution in [1.29, 1.82) is 0 Å². The minimum atomic E-state index is -4.82. The van der Waals surface area contributed by atoms with Gasteiger partial charge in [-0.15, -0.1) is 13.2 Å². The van der Waals surface area contributed by atoms with Crippen LogP contribution in [0.25, 0.3) is 0 Å². The molecule has 2 rings (SSSR count). The molecular weight excluding hydrogens is 271 g/mol. The van der Waals surface area contributed by atoms with Gasteiger partial charge in [-0.2, -0.15) is 0 Å². The number of hydrogen-bond donors (Lipinski definition) is 1. The number of benzene rings is 1. The molecule has 0 aromatic heterocycles. The topological polar surface area (TPSA) is 52.3 Å². The molecule has 20 heavy (non-hydrogen) atoms. The van der Waals surface area contributed by atoms with Crippen molar-refractivity contribution in [3.8, 4) is 5.75 Å². The molecule has 0 saturated heterocycles. The third-order valence-corrected chi connectivity index (χ3v) is 3.91. The molecule has 1 fully saturated rings. The number of rotatable bonds is 3. The predicted molar refractivity (Wildman–Crippen MR) is 67.4 cm³/mol. The number of ether oxygens (including phenoxy) is 1. The van der Waals surface area contributed by atoms with Crippen LogP contribution >= 0.6 is 0 Å². The Hall–Kier alpha value is -1.56. The number of ketones is 1. The first kappa shape index (κ1) is 14.8. The standard InChI is InChI=1S/C14H16F3NO2/c1-13(8-4-7-11(13)18)12(19)9-5-2-3-6-10(9)20-14(15,16)17/h2-3,5-6,11H,4,7-8,18H2,1H3. The summed E-state index contributed by atoms with van der Waals surface area (Å²) in [5.74, 6) is -0.854. The van der Waals surface area contributed by atoms with Crippen molar-refractivity contribution in [3.05, 3.63) is 29.8 Å². The lowest BCUT2D eigenvalue weighted by atomic mass is 9.78. The summed E-state index contributed by atoms with van der Waals surface area (Å²) >= 11 is 0. The van der Waals surface area contributed by atoms with Gasteiger partial charge in [-0.25, -0.2) is 0 Å². The predicted octanol–water partition coefficient (Wildman–Crippen LogP) is 3.29. The van der Waals surface area contributed by atoms with Gasteiger partial charge in [0.05, 0.1) is 5.56 Å². The molecular formula is C14H16F3NO2. The second-order valence-electron chi connectivity index (χ2n) is 5.29. The molecule has 2 atom stereocenters. The molecule has 1 aromatic carbocycles. The van der Waals surface area contributed by atoms with Gasteiger partial charge in [0.1, 0.15) is 5.75 Å². The lowest BCUT2D eigenvalue weighted by Crippen LogP contribution is -2.41. The second-order valence-corrected chi connectivity index (χ2v) is 5.29. The minimum Gasteiger partial charge on any atom is -0.405 e.